The predicted molar refractivity (Wildman–Crippen MR) is 128 cm³/mol. The maximum Gasteiger partial charge on any atom is 0.271 e. The van der Waals surface area contributed by atoms with Gasteiger partial charge in [-0.1, -0.05) is 6.07 Å². The van der Waals surface area contributed by atoms with Crippen LogP contribution in [0, 0.1) is 0 Å². The number of benzene rings is 2. The van der Waals surface area contributed by atoms with Crippen molar-refractivity contribution in [2.75, 3.05) is 52.4 Å². The molecule has 0 N–H and O–H groups in total. The lowest BCUT2D eigenvalue weighted by Crippen LogP contribution is -2.49. The first-order valence-electron chi connectivity index (χ1n) is 11.0. The van der Waals surface area contributed by atoms with E-state index in [1.807, 2.05) is 23.1 Å². The molecule has 0 bridgehead atoms. The normalized spacial score (nSPS) is 13.5. The number of hydrogen-bond acceptors (Lipinski definition) is 7. The monoisotopic (exact) mass is 464 g/mol. The van der Waals surface area contributed by atoms with Crippen LogP contribution in [-0.4, -0.2) is 68.1 Å². The molecule has 1 fully saturated rings. The van der Waals surface area contributed by atoms with Gasteiger partial charge in [-0.3, -0.25) is 9.59 Å². The fourth-order valence-corrected chi connectivity index (χ4v) is 3.94. The van der Waals surface area contributed by atoms with E-state index in [4.69, 9.17) is 14.2 Å². The number of amides is 1. The molecule has 9 nitrogen and oxygen atoms in total. The molecule has 1 aliphatic heterocycles. The second-order valence-electron chi connectivity index (χ2n) is 7.87. The van der Waals surface area contributed by atoms with E-state index in [9.17, 15) is 9.59 Å². The van der Waals surface area contributed by atoms with E-state index in [-0.39, 0.29) is 11.5 Å². The fraction of sp³-hybridized carbons (Fsp3) is 0.320. The standard InChI is InChI=1S/C25H28N4O5/c1-32-20-7-5-19(6-8-20)29-24(30)11-10-23(26-29)27-12-14-28(15-13-27)25(31)17-18-4-9-21(33-2)22(16-18)34-3/h4-11,16H,12-15,17H2,1-3H3. The number of nitrogens with zero attached hydrogens (tertiary/aromatic N) is 4. The molecule has 34 heavy (non-hydrogen) atoms. The minimum absolute atomic E-state index is 0.0584. The Morgan fingerprint density at radius 3 is 2.21 bits per heavy atom. The molecule has 0 atom stereocenters. The topological polar surface area (TPSA) is 86.1 Å². The third-order valence-corrected chi connectivity index (χ3v) is 5.86. The van der Waals surface area contributed by atoms with Crippen molar-refractivity contribution in [3.8, 4) is 22.9 Å². The van der Waals surface area contributed by atoms with Gasteiger partial charge in [0.1, 0.15) is 11.6 Å². The Kier molecular flexibility index (Phi) is 7.01. The van der Waals surface area contributed by atoms with Crippen molar-refractivity contribution in [1.82, 2.24) is 14.7 Å². The molecule has 3 aromatic rings. The van der Waals surface area contributed by atoms with E-state index < -0.39 is 0 Å². The van der Waals surface area contributed by atoms with Crippen LogP contribution in [0.1, 0.15) is 5.56 Å². The number of rotatable bonds is 7. The average molecular weight is 465 g/mol. The molecule has 1 aliphatic rings. The Bertz CT molecular complexity index is 1200. The van der Waals surface area contributed by atoms with Crippen LogP contribution in [0.5, 0.6) is 17.2 Å². The van der Waals surface area contributed by atoms with E-state index in [0.717, 1.165) is 5.56 Å². The molecule has 4 rings (SSSR count). The minimum atomic E-state index is -0.211. The maximum atomic E-state index is 12.9. The van der Waals surface area contributed by atoms with Gasteiger partial charge in [-0.15, -0.1) is 5.10 Å². The lowest BCUT2D eigenvalue weighted by molar-refractivity contribution is -0.130. The lowest BCUT2D eigenvalue weighted by Gasteiger charge is -2.35. The second kappa shape index (κ2) is 10.3. The zero-order valence-corrected chi connectivity index (χ0v) is 19.6. The second-order valence-corrected chi connectivity index (χ2v) is 7.87. The van der Waals surface area contributed by atoms with E-state index >= 15 is 0 Å². The smallest absolute Gasteiger partial charge is 0.271 e. The first kappa shape index (κ1) is 23.2. The molecule has 0 unspecified atom stereocenters. The van der Waals surface area contributed by atoms with Crippen LogP contribution < -0.4 is 24.7 Å². The Labute approximate surface area is 198 Å². The van der Waals surface area contributed by atoms with Gasteiger partial charge in [-0.05, 0) is 48.0 Å². The highest BCUT2D eigenvalue weighted by atomic mass is 16.5. The molecule has 0 radical (unpaired) electrons. The molecule has 0 aliphatic carbocycles. The van der Waals surface area contributed by atoms with Crippen molar-refractivity contribution in [2.45, 2.75) is 6.42 Å². The van der Waals surface area contributed by atoms with Gasteiger partial charge < -0.3 is 24.0 Å². The van der Waals surface area contributed by atoms with Crippen LogP contribution in [0.3, 0.4) is 0 Å². The number of carbonyl (C=O) groups is 1. The van der Waals surface area contributed by atoms with Gasteiger partial charge in [0.25, 0.3) is 5.56 Å². The molecule has 0 saturated carbocycles. The highest BCUT2D eigenvalue weighted by Gasteiger charge is 2.23. The third-order valence-electron chi connectivity index (χ3n) is 5.86. The number of carbonyl (C=O) groups excluding carboxylic acids is 1. The lowest BCUT2D eigenvalue weighted by atomic mass is 10.1. The summed E-state index contributed by atoms with van der Waals surface area (Å²) >= 11 is 0. The van der Waals surface area contributed by atoms with E-state index in [1.54, 1.807) is 51.7 Å². The van der Waals surface area contributed by atoms with Gasteiger partial charge in [-0.2, -0.15) is 4.68 Å². The van der Waals surface area contributed by atoms with Crippen molar-refractivity contribution in [2.24, 2.45) is 0 Å². The van der Waals surface area contributed by atoms with Gasteiger partial charge in [0.15, 0.2) is 11.5 Å². The molecular formula is C25H28N4O5. The summed E-state index contributed by atoms with van der Waals surface area (Å²) in [6.45, 7) is 2.42. The van der Waals surface area contributed by atoms with Gasteiger partial charge in [0.2, 0.25) is 5.91 Å². The molecular weight excluding hydrogens is 436 g/mol. The van der Waals surface area contributed by atoms with Crippen molar-refractivity contribution >= 4 is 11.7 Å². The largest absolute Gasteiger partial charge is 0.497 e. The van der Waals surface area contributed by atoms with Crippen LogP contribution in [-0.2, 0) is 11.2 Å². The molecule has 1 saturated heterocycles. The first-order chi connectivity index (χ1) is 16.5. The van der Waals surface area contributed by atoms with Crippen molar-refractivity contribution < 1.29 is 19.0 Å². The van der Waals surface area contributed by atoms with Crippen LogP contribution >= 0.6 is 0 Å². The molecule has 9 heteroatoms. The Balaban J connectivity index is 1.40. The van der Waals surface area contributed by atoms with E-state index in [2.05, 4.69) is 10.00 Å². The van der Waals surface area contributed by atoms with Crippen LogP contribution in [0.15, 0.2) is 59.4 Å². The Morgan fingerprint density at radius 2 is 1.56 bits per heavy atom. The van der Waals surface area contributed by atoms with Gasteiger partial charge in [0.05, 0.1) is 33.4 Å². The molecule has 1 amide bonds. The molecule has 2 heterocycles. The zero-order valence-electron chi connectivity index (χ0n) is 19.6. The zero-order chi connectivity index (χ0) is 24.1. The molecule has 0 spiro atoms. The molecule has 178 valence electrons. The van der Waals surface area contributed by atoms with E-state index in [0.29, 0.717) is 61.4 Å². The third kappa shape index (κ3) is 4.98. The van der Waals surface area contributed by atoms with Crippen LogP contribution in [0.2, 0.25) is 0 Å². The number of anilines is 1. The highest BCUT2D eigenvalue weighted by molar-refractivity contribution is 5.79. The van der Waals surface area contributed by atoms with Gasteiger partial charge in [-0.25, -0.2) is 0 Å². The number of hydrogen-bond donors (Lipinski definition) is 0. The highest BCUT2D eigenvalue weighted by Crippen LogP contribution is 2.28. The fourth-order valence-electron chi connectivity index (χ4n) is 3.94. The Hall–Kier alpha value is -4.01. The van der Waals surface area contributed by atoms with Crippen molar-refractivity contribution in [3.05, 3.63) is 70.5 Å². The quantitative estimate of drug-likeness (QED) is 0.530. The summed E-state index contributed by atoms with van der Waals surface area (Å²) in [6.07, 6.45) is 0.293. The average Bonchev–Trinajstić information content (AvgIpc) is 2.89. The predicted octanol–water partition coefficient (Wildman–Crippen LogP) is 2.15. The van der Waals surface area contributed by atoms with Crippen LogP contribution in [0.4, 0.5) is 5.82 Å². The summed E-state index contributed by atoms with van der Waals surface area (Å²) in [5.74, 6) is 2.71. The number of aromatic nitrogens is 2. The summed E-state index contributed by atoms with van der Waals surface area (Å²) in [5, 5.41) is 4.55. The van der Waals surface area contributed by atoms with E-state index in [1.165, 1.54) is 10.7 Å². The number of piperazine rings is 1. The minimum Gasteiger partial charge on any atom is -0.497 e. The van der Waals surface area contributed by atoms with Crippen LogP contribution in [0.25, 0.3) is 5.69 Å². The maximum absolute atomic E-state index is 12.9. The summed E-state index contributed by atoms with van der Waals surface area (Å²) in [5.41, 5.74) is 1.33. The summed E-state index contributed by atoms with van der Waals surface area (Å²) < 4.78 is 17.2. The van der Waals surface area contributed by atoms with Crippen molar-refractivity contribution in [3.63, 3.8) is 0 Å². The summed E-state index contributed by atoms with van der Waals surface area (Å²) in [7, 11) is 4.76. The van der Waals surface area contributed by atoms with Gasteiger partial charge in [0, 0.05) is 32.2 Å². The molecule has 2 aromatic carbocycles. The summed E-state index contributed by atoms with van der Waals surface area (Å²) in [6, 6.07) is 15.9. The number of methoxy groups -OCH3 is 3. The van der Waals surface area contributed by atoms with Crippen molar-refractivity contribution in [1.29, 1.82) is 0 Å². The SMILES string of the molecule is COc1ccc(-n2nc(N3CCN(C(=O)Cc4ccc(OC)c(OC)c4)CC3)ccc2=O)cc1. The number of ether oxygens (including phenoxy) is 3. The van der Waals surface area contributed by atoms with Gasteiger partial charge >= 0.3 is 0 Å². The Morgan fingerprint density at radius 1 is 0.853 bits per heavy atom. The molecule has 1 aromatic heterocycles. The first-order valence-corrected chi connectivity index (χ1v) is 11.0. The summed E-state index contributed by atoms with van der Waals surface area (Å²) in [4.78, 5) is 29.2.